The van der Waals surface area contributed by atoms with Gasteiger partial charge in [-0.3, -0.25) is 9.59 Å². The zero-order valence-corrected chi connectivity index (χ0v) is 17.4. The quantitative estimate of drug-likeness (QED) is 0.301. The number of esters is 2. The Morgan fingerprint density at radius 3 is 1.44 bits per heavy atom. The lowest BCUT2D eigenvalue weighted by Gasteiger charge is -2.21. The van der Waals surface area contributed by atoms with E-state index < -0.39 is 23.5 Å². The van der Waals surface area contributed by atoms with E-state index in [1.807, 2.05) is 0 Å². The van der Waals surface area contributed by atoms with Gasteiger partial charge in [0.25, 0.3) is 0 Å². The number of hydrogen-bond acceptors (Lipinski definition) is 8. The van der Waals surface area contributed by atoms with E-state index in [4.69, 9.17) is 9.47 Å². The van der Waals surface area contributed by atoms with Crippen LogP contribution in [0.3, 0.4) is 0 Å². The molecular formula is C26H14N2O6. The third-order valence-electron chi connectivity index (χ3n) is 5.15. The standard InChI is InChI=1S/C26H14N2O6/c29-23-15-7-5-11-19(33-25(31)17-9-1-3-13-27-17)21(15)24(30)22-16(23)8-6-12-20(22)34-26(32)18-10-2-4-14-28-18/h1-14H. The average molecular weight is 450 g/mol. The van der Waals surface area contributed by atoms with Gasteiger partial charge in [-0.05, 0) is 36.4 Å². The van der Waals surface area contributed by atoms with Gasteiger partial charge >= 0.3 is 11.9 Å². The zero-order valence-electron chi connectivity index (χ0n) is 17.4. The van der Waals surface area contributed by atoms with Gasteiger partial charge in [-0.25, -0.2) is 19.6 Å². The first-order chi connectivity index (χ1) is 16.5. The summed E-state index contributed by atoms with van der Waals surface area (Å²) in [7, 11) is 0. The maximum absolute atomic E-state index is 13.6. The van der Waals surface area contributed by atoms with E-state index in [1.165, 1.54) is 60.9 Å². The van der Waals surface area contributed by atoms with Crippen molar-refractivity contribution < 1.29 is 28.7 Å². The normalized spacial score (nSPS) is 11.9. The van der Waals surface area contributed by atoms with Crippen LogP contribution in [-0.2, 0) is 0 Å². The molecule has 0 atom stereocenters. The highest BCUT2D eigenvalue weighted by molar-refractivity contribution is 6.30. The molecule has 0 saturated carbocycles. The predicted molar refractivity (Wildman–Crippen MR) is 118 cm³/mol. The second-order valence-electron chi connectivity index (χ2n) is 7.22. The fraction of sp³-hybridized carbons (Fsp3) is 0. The van der Waals surface area contributed by atoms with E-state index >= 15 is 0 Å². The van der Waals surface area contributed by atoms with Gasteiger partial charge in [-0.2, -0.15) is 0 Å². The van der Waals surface area contributed by atoms with Gasteiger partial charge in [0.1, 0.15) is 22.9 Å². The van der Waals surface area contributed by atoms with Crippen LogP contribution in [0.15, 0.2) is 85.2 Å². The number of aromatic nitrogens is 2. The number of ketones is 2. The monoisotopic (exact) mass is 450 g/mol. The molecule has 164 valence electrons. The molecule has 0 radical (unpaired) electrons. The summed E-state index contributed by atoms with van der Waals surface area (Å²) >= 11 is 0. The Labute approximate surface area is 192 Å². The third kappa shape index (κ3) is 3.63. The Morgan fingerprint density at radius 1 is 0.559 bits per heavy atom. The Balaban J connectivity index is 1.55. The Bertz CT molecular complexity index is 1360. The van der Waals surface area contributed by atoms with Crippen LogP contribution in [0.5, 0.6) is 11.5 Å². The first-order valence-electron chi connectivity index (χ1n) is 10.2. The third-order valence-corrected chi connectivity index (χ3v) is 5.15. The Kier molecular flexibility index (Phi) is 5.23. The molecule has 2 aromatic carbocycles. The summed E-state index contributed by atoms with van der Waals surface area (Å²) in [6, 6.07) is 18.3. The van der Waals surface area contributed by atoms with Crippen LogP contribution in [-0.4, -0.2) is 33.5 Å². The van der Waals surface area contributed by atoms with E-state index in [9.17, 15) is 19.2 Å². The molecule has 0 saturated heterocycles. The number of ether oxygens (including phenoxy) is 2. The van der Waals surface area contributed by atoms with Gasteiger partial charge in [0.2, 0.25) is 5.78 Å². The lowest BCUT2D eigenvalue weighted by Crippen LogP contribution is -2.24. The van der Waals surface area contributed by atoms with Gasteiger partial charge in [-0.1, -0.05) is 36.4 Å². The molecule has 0 bridgehead atoms. The van der Waals surface area contributed by atoms with Crippen molar-refractivity contribution in [2.24, 2.45) is 0 Å². The van der Waals surface area contributed by atoms with Crippen molar-refractivity contribution in [3.63, 3.8) is 0 Å². The number of hydrogen-bond donors (Lipinski definition) is 0. The minimum atomic E-state index is -0.782. The smallest absolute Gasteiger partial charge is 0.362 e. The fourth-order valence-electron chi connectivity index (χ4n) is 3.62. The zero-order chi connectivity index (χ0) is 23.7. The van der Waals surface area contributed by atoms with Crippen molar-refractivity contribution in [3.8, 4) is 11.5 Å². The maximum Gasteiger partial charge on any atom is 0.362 e. The highest BCUT2D eigenvalue weighted by atomic mass is 16.5. The van der Waals surface area contributed by atoms with Crippen LogP contribution in [0, 0.1) is 0 Å². The molecule has 0 aliphatic heterocycles. The summed E-state index contributed by atoms with van der Waals surface area (Å²) in [6.45, 7) is 0. The van der Waals surface area contributed by atoms with Crippen molar-refractivity contribution in [3.05, 3.63) is 119 Å². The SMILES string of the molecule is O=C(Oc1cccc2c1C(=O)c1c(OC(=O)c3ccccn3)cccc1C2=O)c1ccccn1. The summed E-state index contributed by atoms with van der Waals surface area (Å²) in [5.41, 5.74) is 0.0606. The van der Waals surface area contributed by atoms with E-state index in [-0.39, 0.29) is 45.1 Å². The predicted octanol–water partition coefficient (Wildman–Crippen LogP) is 3.69. The molecule has 0 fully saturated rings. The maximum atomic E-state index is 13.6. The van der Waals surface area contributed by atoms with Crippen LogP contribution in [0.2, 0.25) is 0 Å². The average Bonchev–Trinajstić information content (AvgIpc) is 2.88. The molecule has 2 aromatic heterocycles. The van der Waals surface area contributed by atoms with Crippen LogP contribution < -0.4 is 9.47 Å². The number of carbonyl (C=O) groups is 4. The molecule has 1 aliphatic rings. The van der Waals surface area contributed by atoms with E-state index in [0.717, 1.165) is 0 Å². The lowest BCUT2D eigenvalue weighted by molar-refractivity contribution is 0.0719. The largest absolute Gasteiger partial charge is 0.421 e. The lowest BCUT2D eigenvalue weighted by atomic mass is 9.83. The highest BCUT2D eigenvalue weighted by Crippen LogP contribution is 2.37. The number of fused-ring (bicyclic) bond motifs is 2. The van der Waals surface area contributed by atoms with Crippen molar-refractivity contribution >= 4 is 23.5 Å². The molecule has 0 spiro atoms. The molecule has 2 heterocycles. The molecule has 1 aliphatic carbocycles. The number of rotatable bonds is 4. The number of carbonyl (C=O) groups excluding carboxylic acids is 4. The van der Waals surface area contributed by atoms with E-state index in [0.29, 0.717) is 0 Å². The molecule has 8 heteroatoms. The minimum Gasteiger partial charge on any atom is -0.421 e. The van der Waals surface area contributed by atoms with Crippen LogP contribution in [0.25, 0.3) is 0 Å². The first-order valence-corrected chi connectivity index (χ1v) is 10.2. The summed E-state index contributed by atoms with van der Waals surface area (Å²) in [5.74, 6) is -2.83. The molecule has 0 amide bonds. The van der Waals surface area contributed by atoms with Gasteiger partial charge in [0.05, 0.1) is 11.1 Å². The fourth-order valence-corrected chi connectivity index (χ4v) is 3.62. The van der Waals surface area contributed by atoms with Crippen LogP contribution in [0.4, 0.5) is 0 Å². The molecule has 8 nitrogen and oxygen atoms in total. The van der Waals surface area contributed by atoms with Gasteiger partial charge in [0.15, 0.2) is 5.78 Å². The highest BCUT2D eigenvalue weighted by Gasteiger charge is 2.36. The van der Waals surface area contributed by atoms with E-state index in [1.54, 1.807) is 24.3 Å². The van der Waals surface area contributed by atoms with Crippen molar-refractivity contribution in [2.75, 3.05) is 0 Å². The second-order valence-corrected chi connectivity index (χ2v) is 7.22. The molecule has 0 unspecified atom stereocenters. The first kappa shape index (κ1) is 20.9. The van der Waals surface area contributed by atoms with Crippen LogP contribution >= 0.6 is 0 Å². The topological polar surface area (TPSA) is 113 Å². The molecule has 5 rings (SSSR count). The van der Waals surface area contributed by atoms with Crippen molar-refractivity contribution in [2.45, 2.75) is 0 Å². The minimum absolute atomic E-state index is 0.0417. The molecule has 34 heavy (non-hydrogen) atoms. The Morgan fingerprint density at radius 2 is 1.03 bits per heavy atom. The summed E-state index contributed by atoms with van der Waals surface area (Å²) in [6.07, 6.45) is 2.87. The summed E-state index contributed by atoms with van der Waals surface area (Å²) < 4.78 is 10.9. The summed E-state index contributed by atoms with van der Waals surface area (Å²) in [5, 5.41) is 0. The summed E-state index contributed by atoms with van der Waals surface area (Å²) in [4.78, 5) is 59.8. The van der Waals surface area contributed by atoms with Gasteiger partial charge < -0.3 is 9.47 Å². The van der Waals surface area contributed by atoms with Crippen molar-refractivity contribution in [1.82, 2.24) is 9.97 Å². The molecular weight excluding hydrogens is 436 g/mol. The van der Waals surface area contributed by atoms with Gasteiger partial charge in [0, 0.05) is 23.5 Å². The molecule has 0 N–H and O–H groups in total. The second kappa shape index (κ2) is 8.51. The number of pyridine rings is 2. The van der Waals surface area contributed by atoms with Crippen LogP contribution in [0.1, 0.15) is 52.8 Å². The van der Waals surface area contributed by atoms with Crippen molar-refractivity contribution in [1.29, 1.82) is 0 Å². The van der Waals surface area contributed by atoms with E-state index in [2.05, 4.69) is 9.97 Å². The Hall–Kier alpha value is -4.98. The van der Waals surface area contributed by atoms with Gasteiger partial charge in [-0.15, -0.1) is 0 Å². The number of nitrogens with zero attached hydrogens (tertiary/aromatic N) is 2. The number of benzene rings is 2. The molecule has 4 aromatic rings.